The van der Waals surface area contributed by atoms with Gasteiger partial charge in [0.15, 0.2) is 5.65 Å². The summed E-state index contributed by atoms with van der Waals surface area (Å²) in [5, 5.41) is 0. The van der Waals surface area contributed by atoms with Crippen LogP contribution in [-0.2, 0) is 16.4 Å². The molecule has 104 valence electrons. The molecule has 0 aliphatic heterocycles. The van der Waals surface area contributed by atoms with E-state index in [-0.39, 0.29) is 0 Å². The number of halogens is 1. The molecule has 3 aromatic rings. The molecule has 0 unspecified atom stereocenters. The fraction of sp³-hybridized carbons (Fsp3) is 0.214. The van der Waals surface area contributed by atoms with Gasteiger partial charge in [0.25, 0.3) is 0 Å². The zero-order chi connectivity index (χ0) is 13.9. The minimum Gasteiger partial charge on any atom is -0.340 e. The molecule has 0 aliphatic rings. The van der Waals surface area contributed by atoms with E-state index < -0.39 is 0 Å². The Kier molecular flexibility index (Phi) is 3.86. The van der Waals surface area contributed by atoms with Crippen LogP contribution in [0.5, 0.6) is 0 Å². The molecule has 0 saturated carbocycles. The van der Waals surface area contributed by atoms with E-state index in [0.717, 1.165) is 27.0 Å². The van der Waals surface area contributed by atoms with E-state index in [1.165, 1.54) is 0 Å². The lowest BCUT2D eigenvalue weighted by molar-refractivity contribution is -0.301. The van der Waals surface area contributed by atoms with Crippen molar-refractivity contribution >= 4 is 27.1 Å². The van der Waals surface area contributed by atoms with Crippen molar-refractivity contribution in [1.82, 2.24) is 14.5 Å². The fourth-order valence-electron chi connectivity index (χ4n) is 2.02. The molecule has 20 heavy (non-hydrogen) atoms. The van der Waals surface area contributed by atoms with Crippen molar-refractivity contribution in [2.45, 2.75) is 13.5 Å². The maximum atomic E-state index is 5.05. The van der Waals surface area contributed by atoms with Gasteiger partial charge in [-0.25, -0.2) is 14.8 Å². The molecule has 2 aromatic heterocycles. The Morgan fingerprint density at radius 1 is 1.25 bits per heavy atom. The molecule has 3 rings (SSSR count). The highest BCUT2D eigenvalue weighted by Crippen LogP contribution is 2.21. The second kappa shape index (κ2) is 5.78. The summed E-state index contributed by atoms with van der Waals surface area (Å²) in [6.45, 7) is 2.79. The van der Waals surface area contributed by atoms with E-state index in [4.69, 9.17) is 9.78 Å². The van der Waals surface area contributed by atoms with Crippen molar-refractivity contribution in [1.29, 1.82) is 0 Å². The number of benzene rings is 1. The van der Waals surface area contributed by atoms with Gasteiger partial charge < -0.3 is 4.98 Å². The van der Waals surface area contributed by atoms with Gasteiger partial charge in [0.2, 0.25) is 0 Å². The van der Waals surface area contributed by atoms with Gasteiger partial charge in [0.1, 0.15) is 12.9 Å². The van der Waals surface area contributed by atoms with Gasteiger partial charge in [-0.1, -0.05) is 15.9 Å². The zero-order valence-corrected chi connectivity index (χ0v) is 12.6. The molecule has 1 N–H and O–H groups in total. The van der Waals surface area contributed by atoms with Gasteiger partial charge in [-0.2, -0.15) is 0 Å². The van der Waals surface area contributed by atoms with Crippen molar-refractivity contribution in [2.75, 3.05) is 6.61 Å². The highest BCUT2D eigenvalue weighted by atomic mass is 79.9. The van der Waals surface area contributed by atoms with Crippen LogP contribution in [0.1, 0.15) is 12.6 Å². The second-order valence-electron chi connectivity index (χ2n) is 4.29. The van der Waals surface area contributed by atoms with Crippen LogP contribution < -0.4 is 0 Å². The van der Waals surface area contributed by atoms with Crippen molar-refractivity contribution in [2.24, 2.45) is 0 Å². The van der Waals surface area contributed by atoms with Gasteiger partial charge in [-0.05, 0) is 37.3 Å². The lowest BCUT2D eigenvalue weighted by atomic mass is 10.3. The summed E-state index contributed by atoms with van der Waals surface area (Å²) in [5.74, 6) is 0. The summed E-state index contributed by atoms with van der Waals surface area (Å²) in [6.07, 6.45) is 1.80. The smallest absolute Gasteiger partial charge is 0.156 e. The van der Waals surface area contributed by atoms with Gasteiger partial charge >= 0.3 is 0 Å². The fourth-order valence-corrected chi connectivity index (χ4v) is 2.28. The third-order valence-electron chi connectivity index (χ3n) is 2.91. The summed E-state index contributed by atoms with van der Waals surface area (Å²) < 4.78 is 3.08. The number of imidazole rings is 1. The predicted octanol–water partition coefficient (Wildman–Crippen LogP) is 3.58. The molecule has 0 atom stereocenters. The first-order chi connectivity index (χ1) is 9.78. The van der Waals surface area contributed by atoms with E-state index in [9.17, 15) is 0 Å². The van der Waals surface area contributed by atoms with Gasteiger partial charge in [0.05, 0.1) is 12.1 Å². The van der Waals surface area contributed by atoms with E-state index >= 15 is 0 Å². The highest BCUT2D eigenvalue weighted by Gasteiger charge is 2.09. The Labute approximate surface area is 124 Å². The Bertz CT molecular complexity index is 703. The standard InChI is InChI=1S/C14H14BrN3O2/c1-2-19-20-8-11-7-13-14(17-11)16-9-18(13)12-5-3-10(15)4-6-12/h3-7,9,17H,2,8H2,1H3. The molecule has 6 heteroatoms. The molecule has 2 heterocycles. The number of nitrogens with zero attached hydrogens (tertiary/aromatic N) is 2. The van der Waals surface area contributed by atoms with Crippen LogP contribution in [-0.4, -0.2) is 21.1 Å². The number of H-pyrrole nitrogens is 1. The van der Waals surface area contributed by atoms with Crippen molar-refractivity contribution in [3.63, 3.8) is 0 Å². The van der Waals surface area contributed by atoms with Crippen molar-refractivity contribution in [3.05, 3.63) is 46.8 Å². The molecule has 0 amide bonds. The quantitative estimate of drug-likeness (QED) is 0.440. The lowest BCUT2D eigenvalue weighted by Gasteiger charge is -2.02. The van der Waals surface area contributed by atoms with Crippen molar-refractivity contribution in [3.8, 4) is 5.69 Å². The number of fused-ring (bicyclic) bond motifs is 1. The summed E-state index contributed by atoms with van der Waals surface area (Å²) in [5.41, 5.74) is 3.85. The van der Waals surface area contributed by atoms with E-state index in [1.807, 2.05) is 41.8 Å². The van der Waals surface area contributed by atoms with E-state index in [2.05, 4.69) is 25.9 Å². The SMILES string of the molecule is CCOOCc1cc2c(ncn2-c2ccc(Br)cc2)[nH]1. The molecule has 0 spiro atoms. The molecular weight excluding hydrogens is 322 g/mol. The zero-order valence-electron chi connectivity index (χ0n) is 11.0. The lowest BCUT2D eigenvalue weighted by Crippen LogP contribution is -1.95. The number of aromatic nitrogens is 3. The Balaban J connectivity index is 1.90. The normalized spacial score (nSPS) is 11.3. The van der Waals surface area contributed by atoms with Crippen LogP contribution in [0.4, 0.5) is 0 Å². The van der Waals surface area contributed by atoms with Crippen LogP contribution in [0.15, 0.2) is 41.1 Å². The number of hydrogen-bond acceptors (Lipinski definition) is 3. The number of hydrogen-bond donors (Lipinski definition) is 1. The Morgan fingerprint density at radius 2 is 2.05 bits per heavy atom. The molecule has 0 fully saturated rings. The molecule has 5 nitrogen and oxygen atoms in total. The molecule has 0 saturated heterocycles. The van der Waals surface area contributed by atoms with Crippen molar-refractivity contribution < 1.29 is 9.78 Å². The highest BCUT2D eigenvalue weighted by molar-refractivity contribution is 9.10. The van der Waals surface area contributed by atoms with Gasteiger partial charge in [-0.15, -0.1) is 0 Å². The third-order valence-corrected chi connectivity index (χ3v) is 3.44. The number of nitrogens with one attached hydrogen (secondary N) is 1. The van der Waals surface area contributed by atoms with E-state index in [0.29, 0.717) is 13.2 Å². The van der Waals surface area contributed by atoms with Crippen LogP contribution in [0.3, 0.4) is 0 Å². The average molecular weight is 336 g/mol. The Hall–Kier alpha value is -1.63. The molecule has 0 aliphatic carbocycles. The number of aromatic amines is 1. The first-order valence-electron chi connectivity index (χ1n) is 6.33. The maximum absolute atomic E-state index is 5.05. The van der Waals surface area contributed by atoms with Crippen LogP contribution >= 0.6 is 15.9 Å². The second-order valence-corrected chi connectivity index (χ2v) is 5.20. The minimum absolute atomic E-state index is 0.380. The largest absolute Gasteiger partial charge is 0.340 e. The summed E-state index contributed by atoms with van der Waals surface area (Å²) in [6, 6.07) is 10.1. The van der Waals surface area contributed by atoms with E-state index in [1.54, 1.807) is 6.33 Å². The Morgan fingerprint density at radius 3 is 2.80 bits per heavy atom. The van der Waals surface area contributed by atoms with Gasteiger partial charge in [-0.3, -0.25) is 4.57 Å². The summed E-state index contributed by atoms with van der Waals surface area (Å²) in [7, 11) is 0. The average Bonchev–Trinajstić information content (AvgIpc) is 3.00. The van der Waals surface area contributed by atoms with Crippen LogP contribution in [0.25, 0.3) is 16.9 Å². The number of rotatable bonds is 5. The molecule has 0 bridgehead atoms. The summed E-state index contributed by atoms with van der Waals surface area (Å²) >= 11 is 3.44. The first kappa shape index (κ1) is 13.4. The van der Waals surface area contributed by atoms with Crippen LogP contribution in [0.2, 0.25) is 0 Å². The minimum atomic E-state index is 0.380. The molecular formula is C14H14BrN3O2. The third kappa shape index (κ3) is 2.63. The molecule has 0 radical (unpaired) electrons. The monoisotopic (exact) mass is 335 g/mol. The first-order valence-corrected chi connectivity index (χ1v) is 7.12. The molecule has 1 aromatic carbocycles. The van der Waals surface area contributed by atoms with Gasteiger partial charge in [0, 0.05) is 15.9 Å². The maximum Gasteiger partial charge on any atom is 0.156 e. The van der Waals surface area contributed by atoms with Crippen LogP contribution in [0, 0.1) is 0 Å². The summed E-state index contributed by atoms with van der Waals surface area (Å²) in [4.78, 5) is 17.5. The predicted molar refractivity (Wildman–Crippen MR) is 79.5 cm³/mol. The topological polar surface area (TPSA) is 52.1 Å².